The number of nitrogens with one attached hydrogen (secondary N) is 1. The van der Waals surface area contributed by atoms with Gasteiger partial charge in [0.1, 0.15) is 0 Å². The van der Waals surface area contributed by atoms with Crippen LogP contribution < -0.4 is 11.1 Å². The van der Waals surface area contributed by atoms with Crippen LogP contribution in [0.1, 0.15) is 78.6 Å². The highest BCUT2D eigenvalue weighted by atomic mass is 16.2. The maximum Gasteiger partial charge on any atom is 0.227 e. The molecule has 3 nitrogen and oxygen atoms in total. The lowest BCUT2D eigenvalue weighted by molar-refractivity contribution is -0.132. The second-order valence-electron chi connectivity index (χ2n) is 6.60. The fourth-order valence-electron chi connectivity index (χ4n) is 3.74. The molecule has 1 saturated carbocycles. The van der Waals surface area contributed by atoms with Gasteiger partial charge in [0.25, 0.3) is 0 Å². The van der Waals surface area contributed by atoms with Gasteiger partial charge in [-0.1, -0.05) is 52.9 Å². The van der Waals surface area contributed by atoms with Crippen LogP contribution in [0.5, 0.6) is 0 Å². The fourth-order valence-corrected chi connectivity index (χ4v) is 3.74. The summed E-state index contributed by atoms with van der Waals surface area (Å²) in [4.78, 5) is 12.7. The first-order chi connectivity index (χ1) is 9.61. The van der Waals surface area contributed by atoms with Gasteiger partial charge in [-0.25, -0.2) is 0 Å². The molecule has 0 aliphatic heterocycles. The highest BCUT2D eigenvalue weighted by molar-refractivity contribution is 5.83. The van der Waals surface area contributed by atoms with Crippen LogP contribution >= 0.6 is 0 Å². The van der Waals surface area contributed by atoms with E-state index in [1.54, 1.807) is 0 Å². The van der Waals surface area contributed by atoms with Gasteiger partial charge >= 0.3 is 0 Å². The first kappa shape index (κ1) is 17.5. The molecule has 20 heavy (non-hydrogen) atoms. The van der Waals surface area contributed by atoms with Crippen molar-refractivity contribution in [1.29, 1.82) is 0 Å². The standard InChI is InChI=1S/C17H34N2O/c1-4-10-17(13-18,11-5-2)16(20)19-15-9-7-8-14(6-3)12-15/h14-15H,4-13,18H2,1-3H3,(H,19,20). The molecule has 2 unspecified atom stereocenters. The smallest absolute Gasteiger partial charge is 0.227 e. The molecular formula is C17H34N2O. The summed E-state index contributed by atoms with van der Waals surface area (Å²) in [7, 11) is 0. The Morgan fingerprint density at radius 1 is 1.20 bits per heavy atom. The molecule has 118 valence electrons. The predicted octanol–water partition coefficient (Wildman–Crippen LogP) is 3.62. The van der Waals surface area contributed by atoms with Crippen LogP contribution in [0, 0.1) is 11.3 Å². The molecule has 3 N–H and O–H groups in total. The summed E-state index contributed by atoms with van der Waals surface area (Å²) in [5.41, 5.74) is 5.65. The first-order valence-electron chi connectivity index (χ1n) is 8.62. The predicted molar refractivity (Wildman–Crippen MR) is 85.5 cm³/mol. The molecule has 2 atom stereocenters. The van der Waals surface area contributed by atoms with Gasteiger partial charge in [0, 0.05) is 12.6 Å². The number of carbonyl (C=O) groups is 1. The van der Waals surface area contributed by atoms with E-state index in [9.17, 15) is 4.79 Å². The quantitative estimate of drug-likeness (QED) is 0.714. The highest BCUT2D eigenvalue weighted by Gasteiger charge is 2.36. The van der Waals surface area contributed by atoms with E-state index in [-0.39, 0.29) is 11.3 Å². The summed E-state index contributed by atoms with van der Waals surface area (Å²) in [5.74, 6) is 1.00. The van der Waals surface area contributed by atoms with Gasteiger partial charge in [-0.3, -0.25) is 4.79 Å². The lowest BCUT2D eigenvalue weighted by Gasteiger charge is -2.35. The maximum atomic E-state index is 12.7. The molecule has 0 heterocycles. The molecule has 1 aliphatic rings. The van der Waals surface area contributed by atoms with Crippen LogP contribution in [0.2, 0.25) is 0 Å². The lowest BCUT2D eigenvalue weighted by atomic mass is 9.77. The largest absolute Gasteiger partial charge is 0.353 e. The van der Waals surface area contributed by atoms with Crippen molar-refractivity contribution in [3.05, 3.63) is 0 Å². The van der Waals surface area contributed by atoms with Crippen molar-refractivity contribution < 1.29 is 4.79 Å². The van der Waals surface area contributed by atoms with Crippen molar-refractivity contribution >= 4 is 5.91 Å². The zero-order valence-corrected chi connectivity index (χ0v) is 13.7. The third-order valence-electron chi connectivity index (χ3n) is 5.02. The Balaban J connectivity index is 2.65. The number of amides is 1. The van der Waals surface area contributed by atoms with Gasteiger partial charge in [-0.2, -0.15) is 0 Å². The third-order valence-corrected chi connectivity index (χ3v) is 5.02. The Kier molecular flexibility index (Phi) is 7.57. The summed E-state index contributed by atoms with van der Waals surface area (Å²) in [6, 6.07) is 0.376. The molecule has 0 spiro atoms. The second kappa shape index (κ2) is 8.66. The average Bonchev–Trinajstić information content (AvgIpc) is 2.47. The molecule has 3 heteroatoms. The van der Waals surface area contributed by atoms with E-state index in [1.165, 1.54) is 19.3 Å². The molecule has 0 bridgehead atoms. The molecule has 1 rings (SSSR count). The molecule has 0 radical (unpaired) electrons. The molecule has 0 aromatic carbocycles. The molecule has 0 aromatic rings. The second-order valence-corrected chi connectivity index (χ2v) is 6.60. The minimum atomic E-state index is -0.331. The normalized spacial score (nSPS) is 23.6. The van der Waals surface area contributed by atoms with Gasteiger partial charge in [0.15, 0.2) is 0 Å². The first-order valence-corrected chi connectivity index (χ1v) is 8.62. The monoisotopic (exact) mass is 282 g/mol. The summed E-state index contributed by atoms with van der Waals surface area (Å²) >= 11 is 0. The van der Waals surface area contributed by atoms with Gasteiger partial charge < -0.3 is 11.1 Å². The minimum absolute atomic E-state index is 0.213. The summed E-state index contributed by atoms with van der Waals surface area (Å²) in [5, 5.41) is 3.33. The Bertz CT molecular complexity index is 285. The lowest BCUT2D eigenvalue weighted by Crippen LogP contribution is -2.50. The molecule has 1 aliphatic carbocycles. The van der Waals surface area contributed by atoms with Crippen LogP contribution in [0.15, 0.2) is 0 Å². The summed E-state index contributed by atoms with van der Waals surface area (Å²) in [6.07, 6.45) is 9.97. The Morgan fingerprint density at radius 2 is 1.85 bits per heavy atom. The topological polar surface area (TPSA) is 55.1 Å². The number of hydrogen-bond donors (Lipinski definition) is 2. The number of carbonyl (C=O) groups excluding carboxylic acids is 1. The van der Waals surface area contributed by atoms with E-state index in [4.69, 9.17) is 5.73 Å². The molecule has 0 aromatic heterocycles. The maximum absolute atomic E-state index is 12.7. The van der Waals surface area contributed by atoms with Gasteiger partial charge in [0.05, 0.1) is 5.41 Å². The van der Waals surface area contributed by atoms with Crippen molar-refractivity contribution in [3.8, 4) is 0 Å². The van der Waals surface area contributed by atoms with Crippen LogP contribution in [-0.4, -0.2) is 18.5 Å². The van der Waals surface area contributed by atoms with E-state index >= 15 is 0 Å². The van der Waals surface area contributed by atoms with Crippen LogP contribution in [0.4, 0.5) is 0 Å². The minimum Gasteiger partial charge on any atom is -0.353 e. The third kappa shape index (κ3) is 4.47. The van der Waals surface area contributed by atoms with Crippen LogP contribution in [0.3, 0.4) is 0 Å². The van der Waals surface area contributed by atoms with Gasteiger partial charge in [0.2, 0.25) is 5.91 Å². The van der Waals surface area contributed by atoms with Crippen molar-refractivity contribution in [1.82, 2.24) is 5.32 Å². The Morgan fingerprint density at radius 3 is 2.35 bits per heavy atom. The van der Waals surface area contributed by atoms with E-state index in [0.29, 0.717) is 12.6 Å². The fraction of sp³-hybridized carbons (Fsp3) is 0.941. The zero-order valence-electron chi connectivity index (χ0n) is 13.7. The van der Waals surface area contributed by atoms with Crippen molar-refractivity contribution in [2.24, 2.45) is 17.1 Å². The van der Waals surface area contributed by atoms with E-state index < -0.39 is 0 Å². The Labute approximate surface area is 125 Å². The molecule has 1 fully saturated rings. The van der Waals surface area contributed by atoms with Crippen molar-refractivity contribution in [3.63, 3.8) is 0 Å². The summed E-state index contributed by atoms with van der Waals surface area (Å²) in [6.45, 7) is 7.01. The zero-order chi connectivity index (χ0) is 15.0. The van der Waals surface area contributed by atoms with Crippen molar-refractivity contribution in [2.45, 2.75) is 84.6 Å². The molecular weight excluding hydrogens is 248 g/mol. The van der Waals surface area contributed by atoms with Crippen LogP contribution in [0.25, 0.3) is 0 Å². The van der Waals surface area contributed by atoms with Gasteiger partial charge in [-0.05, 0) is 31.6 Å². The molecule has 0 saturated heterocycles. The van der Waals surface area contributed by atoms with Crippen molar-refractivity contribution in [2.75, 3.05) is 6.54 Å². The average molecular weight is 282 g/mol. The number of nitrogens with two attached hydrogens (primary N) is 1. The number of hydrogen-bond acceptors (Lipinski definition) is 2. The van der Waals surface area contributed by atoms with E-state index in [2.05, 4.69) is 26.1 Å². The van der Waals surface area contributed by atoms with Gasteiger partial charge in [-0.15, -0.1) is 0 Å². The SMILES string of the molecule is CCCC(CN)(CCC)C(=O)NC1CCCC(CC)C1. The summed E-state index contributed by atoms with van der Waals surface area (Å²) < 4.78 is 0. The van der Waals surface area contributed by atoms with Crippen LogP contribution in [-0.2, 0) is 4.79 Å². The molecule has 1 amide bonds. The van der Waals surface area contributed by atoms with E-state index in [1.807, 2.05) is 0 Å². The Hall–Kier alpha value is -0.570. The highest BCUT2D eigenvalue weighted by Crippen LogP contribution is 2.31. The number of rotatable bonds is 8. The van der Waals surface area contributed by atoms with E-state index in [0.717, 1.165) is 44.4 Å².